The topological polar surface area (TPSA) is 78.0 Å². The summed E-state index contributed by atoms with van der Waals surface area (Å²) in [6.07, 6.45) is 5.97. The van der Waals surface area contributed by atoms with Crippen molar-refractivity contribution in [1.29, 1.82) is 0 Å². The van der Waals surface area contributed by atoms with Crippen molar-refractivity contribution in [3.63, 3.8) is 0 Å². The Kier molecular flexibility index (Phi) is 7.74. The summed E-state index contributed by atoms with van der Waals surface area (Å²) >= 11 is 0. The SMILES string of the molecule is C=CCOC(=O)c1ccccc1C(=O)O[C@@H](c1ccnc2ccc(OC)cc12)[C@H]1C[C@@H]2CCN1C[C@@H]2CC. The molecule has 6 rings (SSSR count). The summed E-state index contributed by atoms with van der Waals surface area (Å²) in [7, 11) is 1.63. The monoisotopic (exact) mass is 514 g/mol. The molecule has 0 spiro atoms. The van der Waals surface area contributed by atoms with Crippen LogP contribution in [0.25, 0.3) is 10.9 Å². The molecule has 2 aromatic carbocycles. The van der Waals surface area contributed by atoms with Gasteiger partial charge in [-0.05, 0) is 67.6 Å². The number of aromatic nitrogens is 1. The van der Waals surface area contributed by atoms with Crippen LogP contribution >= 0.6 is 0 Å². The molecule has 7 heteroatoms. The fraction of sp³-hybridized carbons (Fsp3) is 0.387. The van der Waals surface area contributed by atoms with E-state index in [1.165, 1.54) is 12.5 Å². The molecule has 198 valence electrons. The Labute approximate surface area is 223 Å². The summed E-state index contributed by atoms with van der Waals surface area (Å²) in [6, 6.07) is 14.3. The van der Waals surface area contributed by atoms with Crippen molar-refractivity contribution in [2.45, 2.75) is 38.3 Å². The number of benzene rings is 2. The molecule has 1 aromatic heterocycles. The zero-order valence-corrected chi connectivity index (χ0v) is 22.0. The van der Waals surface area contributed by atoms with Crippen LogP contribution in [0.3, 0.4) is 0 Å². The number of carbonyl (C=O) groups is 2. The second kappa shape index (κ2) is 11.4. The lowest BCUT2D eigenvalue weighted by molar-refractivity contribution is -0.0660. The van der Waals surface area contributed by atoms with Gasteiger partial charge < -0.3 is 14.2 Å². The average Bonchev–Trinajstić information content (AvgIpc) is 2.98. The maximum absolute atomic E-state index is 13.7. The van der Waals surface area contributed by atoms with Gasteiger partial charge in [-0.15, -0.1) is 0 Å². The van der Waals surface area contributed by atoms with Crippen molar-refractivity contribution in [1.82, 2.24) is 9.88 Å². The molecule has 4 heterocycles. The third-order valence-electron chi connectivity index (χ3n) is 8.03. The summed E-state index contributed by atoms with van der Waals surface area (Å²) < 4.78 is 17.1. The number of pyridine rings is 1. The number of esters is 2. The quantitative estimate of drug-likeness (QED) is 0.271. The number of ether oxygens (including phenoxy) is 3. The summed E-state index contributed by atoms with van der Waals surface area (Å²) in [6.45, 7) is 7.88. The van der Waals surface area contributed by atoms with Crippen LogP contribution in [0.15, 0.2) is 67.4 Å². The van der Waals surface area contributed by atoms with Crippen LogP contribution in [-0.4, -0.2) is 54.7 Å². The van der Waals surface area contributed by atoms with Crippen molar-refractivity contribution < 1.29 is 23.8 Å². The molecule has 3 saturated heterocycles. The van der Waals surface area contributed by atoms with Gasteiger partial charge in [-0.2, -0.15) is 0 Å². The van der Waals surface area contributed by atoms with Crippen LogP contribution in [0.5, 0.6) is 5.75 Å². The number of fused-ring (bicyclic) bond motifs is 4. The first kappa shape index (κ1) is 25.9. The van der Waals surface area contributed by atoms with Gasteiger partial charge in [0.15, 0.2) is 0 Å². The molecule has 0 aliphatic carbocycles. The normalized spacial score (nSPS) is 23.0. The third kappa shape index (κ3) is 5.03. The van der Waals surface area contributed by atoms with Crippen LogP contribution < -0.4 is 4.74 Å². The molecule has 0 radical (unpaired) electrons. The minimum atomic E-state index is -0.584. The standard InChI is InChI=1S/C31H34N2O5/c1-4-16-37-30(34)24-8-6-7-9-25(24)31(35)38-29(28-17-21-13-15-33(28)19-20(21)5-2)23-12-14-32-27-11-10-22(36-3)18-26(23)27/h4,6-12,14,18,20-21,28-29H,1,5,13,15-17,19H2,2-3H3/t20-,21-,28+,29-/m0/s1. The van der Waals surface area contributed by atoms with Crippen molar-refractivity contribution in [2.24, 2.45) is 11.8 Å². The van der Waals surface area contributed by atoms with Crippen molar-refractivity contribution in [2.75, 3.05) is 26.8 Å². The summed E-state index contributed by atoms with van der Waals surface area (Å²) in [5.41, 5.74) is 2.06. The van der Waals surface area contributed by atoms with E-state index in [4.69, 9.17) is 14.2 Å². The Hall–Kier alpha value is -3.71. The smallest absolute Gasteiger partial charge is 0.339 e. The highest BCUT2D eigenvalue weighted by Crippen LogP contribution is 2.44. The van der Waals surface area contributed by atoms with E-state index in [9.17, 15) is 9.59 Å². The van der Waals surface area contributed by atoms with Crippen molar-refractivity contribution >= 4 is 22.8 Å². The highest BCUT2D eigenvalue weighted by atomic mass is 16.5. The molecule has 0 N–H and O–H groups in total. The van der Waals surface area contributed by atoms with Gasteiger partial charge in [0, 0.05) is 23.7 Å². The molecule has 3 aliphatic heterocycles. The molecule has 0 amide bonds. The van der Waals surface area contributed by atoms with Gasteiger partial charge in [0.2, 0.25) is 0 Å². The van der Waals surface area contributed by atoms with Crippen LogP contribution in [0, 0.1) is 11.8 Å². The second-order valence-corrected chi connectivity index (χ2v) is 10.1. The molecule has 5 atom stereocenters. The molecular weight excluding hydrogens is 480 g/mol. The maximum Gasteiger partial charge on any atom is 0.339 e. The number of hydrogen-bond donors (Lipinski definition) is 0. The van der Waals surface area contributed by atoms with Gasteiger partial charge in [-0.3, -0.25) is 9.88 Å². The number of hydrogen-bond acceptors (Lipinski definition) is 7. The van der Waals surface area contributed by atoms with Crippen LogP contribution in [-0.2, 0) is 9.47 Å². The lowest BCUT2D eigenvalue weighted by atomic mass is 9.72. The second-order valence-electron chi connectivity index (χ2n) is 10.1. The molecule has 38 heavy (non-hydrogen) atoms. The fourth-order valence-corrected chi connectivity index (χ4v) is 6.06. The van der Waals surface area contributed by atoms with E-state index >= 15 is 0 Å². The van der Waals surface area contributed by atoms with Gasteiger partial charge >= 0.3 is 11.9 Å². The fourth-order valence-electron chi connectivity index (χ4n) is 6.06. The number of carbonyl (C=O) groups excluding carboxylic acids is 2. The Morgan fingerprint density at radius 3 is 2.63 bits per heavy atom. The zero-order chi connectivity index (χ0) is 26.6. The Bertz CT molecular complexity index is 1340. The minimum Gasteiger partial charge on any atom is -0.497 e. The molecule has 3 aliphatic rings. The van der Waals surface area contributed by atoms with E-state index in [2.05, 4.69) is 23.4 Å². The maximum atomic E-state index is 13.7. The molecule has 0 saturated carbocycles. The van der Waals surface area contributed by atoms with Crippen LogP contribution in [0.2, 0.25) is 0 Å². The molecule has 1 unspecified atom stereocenters. The van der Waals surface area contributed by atoms with E-state index in [0.717, 1.165) is 42.4 Å². The van der Waals surface area contributed by atoms with Crippen LogP contribution in [0.1, 0.15) is 58.6 Å². The number of piperidine rings is 3. The minimum absolute atomic E-state index is 0.0252. The molecule has 3 aromatic rings. The van der Waals surface area contributed by atoms with Crippen molar-refractivity contribution in [3.05, 3.63) is 84.1 Å². The van der Waals surface area contributed by atoms with E-state index in [0.29, 0.717) is 17.6 Å². The summed E-state index contributed by atoms with van der Waals surface area (Å²) in [5.74, 6) is 0.831. The van der Waals surface area contributed by atoms with Crippen LogP contribution in [0.4, 0.5) is 0 Å². The van der Waals surface area contributed by atoms with Gasteiger partial charge in [0.25, 0.3) is 0 Å². The predicted molar refractivity (Wildman–Crippen MR) is 145 cm³/mol. The first-order valence-electron chi connectivity index (χ1n) is 13.3. The van der Waals surface area contributed by atoms with E-state index in [1.807, 2.05) is 24.3 Å². The first-order valence-corrected chi connectivity index (χ1v) is 13.3. The Balaban J connectivity index is 1.55. The van der Waals surface area contributed by atoms with Gasteiger partial charge in [-0.1, -0.05) is 38.1 Å². The third-order valence-corrected chi connectivity index (χ3v) is 8.03. The first-order chi connectivity index (χ1) is 18.5. The summed E-state index contributed by atoms with van der Waals surface area (Å²) in [4.78, 5) is 33.5. The van der Waals surface area contributed by atoms with E-state index in [-0.39, 0.29) is 23.8 Å². The number of nitrogens with zero attached hydrogens (tertiary/aromatic N) is 2. The van der Waals surface area contributed by atoms with Gasteiger partial charge in [-0.25, -0.2) is 9.59 Å². The largest absolute Gasteiger partial charge is 0.497 e. The van der Waals surface area contributed by atoms with E-state index in [1.54, 1.807) is 37.6 Å². The highest BCUT2D eigenvalue weighted by Gasteiger charge is 2.44. The number of methoxy groups -OCH3 is 1. The van der Waals surface area contributed by atoms with Gasteiger partial charge in [0.1, 0.15) is 18.5 Å². The molecule has 2 bridgehead atoms. The Morgan fingerprint density at radius 2 is 1.95 bits per heavy atom. The molecular formula is C31H34N2O5. The number of rotatable bonds is 9. The van der Waals surface area contributed by atoms with Crippen molar-refractivity contribution in [3.8, 4) is 5.75 Å². The Morgan fingerprint density at radius 1 is 1.16 bits per heavy atom. The predicted octanol–water partition coefficient (Wildman–Crippen LogP) is 5.60. The zero-order valence-electron chi connectivity index (χ0n) is 22.0. The summed E-state index contributed by atoms with van der Waals surface area (Å²) in [5, 5.41) is 0.887. The molecule has 7 nitrogen and oxygen atoms in total. The lowest BCUT2D eigenvalue weighted by Gasteiger charge is -2.51. The van der Waals surface area contributed by atoms with E-state index < -0.39 is 18.0 Å². The highest BCUT2D eigenvalue weighted by molar-refractivity contribution is 6.03. The average molecular weight is 515 g/mol. The lowest BCUT2D eigenvalue weighted by Crippen LogP contribution is -2.55. The molecule has 3 fully saturated rings. The van der Waals surface area contributed by atoms with Gasteiger partial charge in [0.05, 0.1) is 29.8 Å².